The summed E-state index contributed by atoms with van der Waals surface area (Å²) >= 11 is 0. The lowest BCUT2D eigenvalue weighted by atomic mass is 9.79. The lowest BCUT2D eigenvalue weighted by Gasteiger charge is -2.24. The monoisotopic (exact) mass is 203 g/mol. The molecule has 0 radical (unpaired) electrons. The van der Waals surface area contributed by atoms with Crippen molar-refractivity contribution in [1.82, 2.24) is 0 Å². The van der Waals surface area contributed by atoms with Crippen LogP contribution in [0.2, 0.25) is 0 Å². The Morgan fingerprint density at radius 3 is 2.33 bits per heavy atom. The van der Waals surface area contributed by atoms with Gasteiger partial charge in [0, 0.05) is 0 Å². The Balaban J connectivity index is 2.18. The van der Waals surface area contributed by atoms with Crippen LogP contribution in [0.5, 0.6) is 0 Å². The van der Waals surface area contributed by atoms with E-state index in [1.165, 1.54) is 5.56 Å². The van der Waals surface area contributed by atoms with Crippen LogP contribution in [0.3, 0.4) is 0 Å². The fourth-order valence-electron chi connectivity index (χ4n) is 2.55. The number of hydrogen-bond acceptors (Lipinski definition) is 1. The Morgan fingerprint density at radius 2 is 1.80 bits per heavy atom. The highest BCUT2D eigenvalue weighted by atomic mass is 16.1. The maximum absolute atomic E-state index is 11.6. The van der Waals surface area contributed by atoms with Gasteiger partial charge in [-0.3, -0.25) is 4.79 Å². The fourth-order valence-corrected chi connectivity index (χ4v) is 2.55. The number of hydrogen-bond donors (Lipinski definition) is 1. The molecule has 80 valence electrons. The van der Waals surface area contributed by atoms with Gasteiger partial charge in [-0.1, -0.05) is 43.2 Å². The Morgan fingerprint density at radius 1 is 1.20 bits per heavy atom. The minimum atomic E-state index is -0.263. The molecule has 0 unspecified atom stereocenters. The smallest absolute Gasteiger partial charge is 0.223 e. The Kier molecular flexibility index (Phi) is 2.76. The van der Waals surface area contributed by atoms with Crippen molar-refractivity contribution in [2.24, 2.45) is 11.1 Å². The normalized spacial score (nSPS) is 18.9. The standard InChI is InChI=1S/C13H17NO/c14-12(15)13(8-4-5-9-13)10-11-6-2-1-3-7-11/h1-3,6-7H,4-5,8-10H2,(H2,14,15). The van der Waals surface area contributed by atoms with Gasteiger partial charge >= 0.3 is 0 Å². The number of carbonyl (C=O) groups excluding carboxylic acids is 1. The van der Waals surface area contributed by atoms with E-state index in [1.54, 1.807) is 0 Å². The molecule has 2 heteroatoms. The van der Waals surface area contributed by atoms with Crippen molar-refractivity contribution in [3.63, 3.8) is 0 Å². The first-order valence-electron chi connectivity index (χ1n) is 5.57. The van der Waals surface area contributed by atoms with Crippen molar-refractivity contribution in [2.75, 3.05) is 0 Å². The largest absolute Gasteiger partial charge is 0.369 e. The van der Waals surface area contributed by atoms with Gasteiger partial charge in [0.15, 0.2) is 0 Å². The second kappa shape index (κ2) is 4.05. The molecule has 0 heterocycles. The van der Waals surface area contributed by atoms with E-state index in [2.05, 4.69) is 12.1 Å². The SMILES string of the molecule is NC(=O)C1(Cc2ccccc2)CCCC1. The van der Waals surface area contributed by atoms with Crippen molar-refractivity contribution < 1.29 is 4.79 Å². The molecule has 1 aromatic rings. The van der Waals surface area contributed by atoms with E-state index < -0.39 is 0 Å². The number of rotatable bonds is 3. The predicted octanol–water partition coefficient (Wildman–Crippen LogP) is 2.27. The molecule has 15 heavy (non-hydrogen) atoms. The molecular weight excluding hydrogens is 186 g/mol. The lowest BCUT2D eigenvalue weighted by molar-refractivity contribution is -0.127. The summed E-state index contributed by atoms with van der Waals surface area (Å²) < 4.78 is 0. The summed E-state index contributed by atoms with van der Waals surface area (Å²) in [5.74, 6) is -0.121. The lowest BCUT2D eigenvalue weighted by Crippen LogP contribution is -2.36. The Hall–Kier alpha value is -1.31. The molecule has 0 bridgehead atoms. The zero-order chi connectivity index (χ0) is 10.7. The van der Waals surface area contributed by atoms with Crippen LogP contribution in [0.4, 0.5) is 0 Å². The number of benzene rings is 1. The summed E-state index contributed by atoms with van der Waals surface area (Å²) in [5, 5.41) is 0. The molecule has 0 atom stereocenters. The van der Waals surface area contributed by atoms with E-state index in [9.17, 15) is 4.79 Å². The Bertz CT molecular complexity index is 339. The maximum Gasteiger partial charge on any atom is 0.223 e. The van der Waals surface area contributed by atoms with Crippen LogP contribution in [0, 0.1) is 5.41 Å². The average Bonchev–Trinajstić information content (AvgIpc) is 2.69. The van der Waals surface area contributed by atoms with Crippen LogP contribution in [-0.2, 0) is 11.2 Å². The summed E-state index contributed by atoms with van der Waals surface area (Å²) in [6.45, 7) is 0. The van der Waals surface area contributed by atoms with Crippen LogP contribution in [0.15, 0.2) is 30.3 Å². The summed E-state index contributed by atoms with van der Waals surface area (Å²) in [4.78, 5) is 11.6. The molecule has 1 aliphatic carbocycles. The average molecular weight is 203 g/mol. The first-order valence-corrected chi connectivity index (χ1v) is 5.57. The second-order valence-corrected chi connectivity index (χ2v) is 4.51. The third kappa shape index (κ3) is 2.04. The molecule has 1 aliphatic rings. The quantitative estimate of drug-likeness (QED) is 0.804. The highest BCUT2D eigenvalue weighted by Crippen LogP contribution is 2.40. The van der Waals surface area contributed by atoms with Crippen LogP contribution in [0.1, 0.15) is 31.2 Å². The zero-order valence-corrected chi connectivity index (χ0v) is 8.91. The van der Waals surface area contributed by atoms with Gasteiger partial charge in [-0.05, 0) is 24.8 Å². The van der Waals surface area contributed by atoms with Crippen molar-refractivity contribution in [1.29, 1.82) is 0 Å². The first kappa shape index (κ1) is 10.2. The number of carbonyl (C=O) groups is 1. The topological polar surface area (TPSA) is 43.1 Å². The predicted molar refractivity (Wildman–Crippen MR) is 60.2 cm³/mol. The molecule has 1 fully saturated rings. The summed E-state index contributed by atoms with van der Waals surface area (Å²) in [6, 6.07) is 10.2. The molecule has 0 spiro atoms. The molecule has 0 saturated heterocycles. The summed E-state index contributed by atoms with van der Waals surface area (Å²) in [5.41, 5.74) is 6.50. The number of amides is 1. The van der Waals surface area contributed by atoms with E-state index in [1.807, 2.05) is 18.2 Å². The van der Waals surface area contributed by atoms with Crippen molar-refractivity contribution in [3.05, 3.63) is 35.9 Å². The van der Waals surface area contributed by atoms with Crippen LogP contribution < -0.4 is 5.73 Å². The highest BCUT2D eigenvalue weighted by molar-refractivity contribution is 5.81. The summed E-state index contributed by atoms with van der Waals surface area (Å²) in [6.07, 6.45) is 4.99. The minimum absolute atomic E-state index is 0.121. The van der Waals surface area contributed by atoms with Gasteiger partial charge in [0.05, 0.1) is 5.41 Å². The van der Waals surface area contributed by atoms with Crippen LogP contribution in [-0.4, -0.2) is 5.91 Å². The zero-order valence-electron chi connectivity index (χ0n) is 8.91. The third-order valence-corrected chi connectivity index (χ3v) is 3.47. The van der Waals surface area contributed by atoms with Gasteiger partial charge in [-0.2, -0.15) is 0 Å². The third-order valence-electron chi connectivity index (χ3n) is 3.47. The maximum atomic E-state index is 11.6. The fraction of sp³-hybridized carbons (Fsp3) is 0.462. The highest BCUT2D eigenvalue weighted by Gasteiger charge is 2.39. The Labute approximate surface area is 90.5 Å². The van der Waals surface area contributed by atoms with Crippen molar-refractivity contribution in [3.8, 4) is 0 Å². The van der Waals surface area contributed by atoms with Crippen molar-refractivity contribution in [2.45, 2.75) is 32.1 Å². The first-order chi connectivity index (χ1) is 7.23. The molecule has 1 aromatic carbocycles. The van der Waals surface area contributed by atoms with E-state index in [0.717, 1.165) is 32.1 Å². The molecule has 1 saturated carbocycles. The van der Waals surface area contributed by atoms with Gasteiger partial charge in [-0.15, -0.1) is 0 Å². The van der Waals surface area contributed by atoms with Gasteiger partial charge in [0.1, 0.15) is 0 Å². The molecule has 2 nitrogen and oxygen atoms in total. The molecular formula is C13H17NO. The van der Waals surface area contributed by atoms with E-state index in [-0.39, 0.29) is 11.3 Å². The number of primary amides is 1. The minimum Gasteiger partial charge on any atom is -0.369 e. The number of nitrogens with two attached hydrogens (primary N) is 1. The van der Waals surface area contributed by atoms with Gasteiger partial charge in [-0.25, -0.2) is 0 Å². The van der Waals surface area contributed by atoms with Gasteiger partial charge in [0.2, 0.25) is 5.91 Å². The van der Waals surface area contributed by atoms with Gasteiger partial charge < -0.3 is 5.73 Å². The molecule has 2 N–H and O–H groups in total. The second-order valence-electron chi connectivity index (χ2n) is 4.51. The molecule has 1 amide bonds. The van der Waals surface area contributed by atoms with E-state index in [0.29, 0.717) is 0 Å². The van der Waals surface area contributed by atoms with Crippen molar-refractivity contribution >= 4 is 5.91 Å². The molecule has 0 aliphatic heterocycles. The molecule has 0 aromatic heterocycles. The van der Waals surface area contributed by atoms with Crippen LogP contribution >= 0.6 is 0 Å². The van der Waals surface area contributed by atoms with Crippen LogP contribution in [0.25, 0.3) is 0 Å². The van der Waals surface area contributed by atoms with E-state index in [4.69, 9.17) is 5.73 Å². The van der Waals surface area contributed by atoms with Gasteiger partial charge in [0.25, 0.3) is 0 Å². The van der Waals surface area contributed by atoms with E-state index >= 15 is 0 Å². The summed E-state index contributed by atoms with van der Waals surface area (Å²) in [7, 11) is 0. The molecule has 2 rings (SSSR count).